The normalized spacial score (nSPS) is 12.8. The third kappa shape index (κ3) is 8.20. The standard InChI is InChI=1S/C18H31NO2/c1-16(2)18(17-9-5-4-6-10-17)15-19-11-7-8-12-21-14-13-20-3/h4-6,9-10,16,18-19H,7-8,11-15H2,1-3H3. The van der Waals surface area contributed by atoms with Gasteiger partial charge in [0.15, 0.2) is 0 Å². The third-order valence-corrected chi connectivity index (χ3v) is 3.72. The van der Waals surface area contributed by atoms with Crippen LogP contribution in [0.1, 0.15) is 38.2 Å². The third-order valence-electron chi connectivity index (χ3n) is 3.72. The summed E-state index contributed by atoms with van der Waals surface area (Å²) >= 11 is 0. The molecule has 0 aliphatic heterocycles. The predicted octanol–water partition coefficient (Wildman–Crippen LogP) is 3.46. The molecule has 0 aromatic heterocycles. The fourth-order valence-corrected chi connectivity index (χ4v) is 2.39. The van der Waals surface area contributed by atoms with Gasteiger partial charge in [-0.1, -0.05) is 44.2 Å². The molecule has 3 nitrogen and oxygen atoms in total. The molecule has 1 atom stereocenters. The minimum Gasteiger partial charge on any atom is -0.382 e. The van der Waals surface area contributed by atoms with Gasteiger partial charge in [0.1, 0.15) is 0 Å². The fourth-order valence-electron chi connectivity index (χ4n) is 2.39. The van der Waals surface area contributed by atoms with E-state index in [9.17, 15) is 0 Å². The molecule has 21 heavy (non-hydrogen) atoms. The summed E-state index contributed by atoms with van der Waals surface area (Å²) in [5, 5.41) is 3.59. The van der Waals surface area contributed by atoms with Crippen LogP contribution in [-0.2, 0) is 9.47 Å². The van der Waals surface area contributed by atoms with Gasteiger partial charge in [0.05, 0.1) is 13.2 Å². The molecule has 0 bridgehead atoms. The van der Waals surface area contributed by atoms with Crippen molar-refractivity contribution in [2.45, 2.75) is 32.6 Å². The topological polar surface area (TPSA) is 30.5 Å². The van der Waals surface area contributed by atoms with Crippen molar-refractivity contribution in [2.24, 2.45) is 5.92 Å². The minimum absolute atomic E-state index is 0.587. The van der Waals surface area contributed by atoms with E-state index in [1.807, 2.05) is 0 Å². The first-order chi connectivity index (χ1) is 10.3. The molecule has 1 aromatic carbocycles. The summed E-state index contributed by atoms with van der Waals surface area (Å²) in [5.74, 6) is 1.24. The Balaban J connectivity index is 2.12. The number of rotatable bonds is 12. The molecule has 120 valence electrons. The zero-order valence-electron chi connectivity index (χ0n) is 13.8. The average molecular weight is 293 g/mol. The van der Waals surface area contributed by atoms with E-state index in [1.165, 1.54) is 5.56 Å². The summed E-state index contributed by atoms with van der Waals surface area (Å²) in [6.07, 6.45) is 2.26. The average Bonchev–Trinajstić information content (AvgIpc) is 2.50. The van der Waals surface area contributed by atoms with E-state index in [0.717, 1.165) is 32.5 Å². The Labute approximate surface area is 130 Å². The highest BCUT2D eigenvalue weighted by Crippen LogP contribution is 2.23. The van der Waals surface area contributed by atoms with Gasteiger partial charge in [0, 0.05) is 20.3 Å². The Morgan fingerprint density at radius 3 is 2.43 bits per heavy atom. The molecule has 0 fully saturated rings. The molecule has 0 saturated heterocycles. The number of hydrogen-bond acceptors (Lipinski definition) is 3. The molecule has 0 aliphatic carbocycles. The predicted molar refractivity (Wildman–Crippen MR) is 88.8 cm³/mol. The lowest BCUT2D eigenvalue weighted by Gasteiger charge is -2.22. The van der Waals surface area contributed by atoms with Gasteiger partial charge in [-0.2, -0.15) is 0 Å². The SMILES string of the molecule is COCCOCCCCNCC(c1ccccc1)C(C)C. The zero-order valence-corrected chi connectivity index (χ0v) is 13.8. The van der Waals surface area contributed by atoms with Crippen molar-refractivity contribution in [3.05, 3.63) is 35.9 Å². The van der Waals surface area contributed by atoms with Gasteiger partial charge in [-0.25, -0.2) is 0 Å². The zero-order chi connectivity index (χ0) is 15.3. The Morgan fingerprint density at radius 1 is 1.00 bits per heavy atom. The van der Waals surface area contributed by atoms with E-state index in [-0.39, 0.29) is 0 Å². The number of hydrogen-bond donors (Lipinski definition) is 1. The number of nitrogens with one attached hydrogen (secondary N) is 1. The van der Waals surface area contributed by atoms with Crippen molar-refractivity contribution in [3.63, 3.8) is 0 Å². The first-order valence-electron chi connectivity index (χ1n) is 8.08. The lowest BCUT2D eigenvalue weighted by atomic mass is 9.88. The van der Waals surface area contributed by atoms with Crippen LogP contribution in [-0.4, -0.2) is 40.0 Å². The van der Waals surface area contributed by atoms with Crippen LogP contribution >= 0.6 is 0 Å². The van der Waals surface area contributed by atoms with Crippen LogP contribution in [0.25, 0.3) is 0 Å². The van der Waals surface area contributed by atoms with E-state index in [2.05, 4.69) is 49.5 Å². The second-order valence-corrected chi connectivity index (χ2v) is 5.78. The van der Waals surface area contributed by atoms with Gasteiger partial charge in [-0.05, 0) is 36.8 Å². The van der Waals surface area contributed by atoms with Gasteiger partial charge < -0.3 is 14.8 Å². The molecule has 0 spiro atoms. The first kappa shape index (κ1) is 18.1. The maximum Gasteiger partial charge on any atom is 0.0700 e. The van der Waals surface area contributed by atoms with E-state index in [1.54, 1.807) is 7.11 Å². The summed E-state index contributed by atoms with van der Waals surface area (Å²) in [4.78, 5) is 0. The van der Waals surface area contributed by atoms with Crippen molar-refractivity contribution in [2.75, 3.05) is 40.0 Å². The van der Waals surface area contributed by atoms with Gasteiger partial charge in [0.25, 0.3) is 0 Å². The molecule has 0 radical (unpaired) electrons. The second-order valence-electron chi connectivity index (χ2n) is 5.78. The van der Waals surface area contributed by atoms with Crippen molar-refractivity contribution in [1.82, 2.24) is 5.32 Å². The molecule has 0 aliphatic rings. The first-order valence-corrected chi connectivity index (χ1v) is 8.08. The quantitative estimate of drug-likeness (QED) is 0.599. The van der Waals surface area contributed by atoms with Gasteiger partial charge in [-0.3, -0.25) is 0 Å². The van der Waals surface area contributed by atoms with Gasteiger partial charge >= 0.3 is 0 Å². The fraction of sp³-hybridized carbons (Fsp3) is 0.667. The van der Waals surface area contributed by atoms with Crippen molar-refractivity contribution >= 4 is 0 Å². The Hall–Kier alpha value is -0.900. The molecular weight excluding hydrogens is 262 g/mol. The molecule has 1 aromatic rings. The summed E-state index contributed by atoms with van der Waals surface area (Å²) < 4.78 is 10.4. The van der Waals surface area contributed by atoms with E-state index >= 15 is 0 Å². The lowest BCUT2D eigenvalue weighted by molar-refractivity contribution is 0.0688. The largest absolute Gasteiger partial charge is 0.382 e. The summed E-state index contributed by atoms with van der Waals surface area (Å²) in [7, 11) is 1.70. The number of benzene rings is 1. The van der Waals surface area contributed by atoms with Crippen molar-refractivity contribution < 1.29 is 9.47 Å². The number of unbranched alkanes of at least 4 members (excludes halogenated alkanes) is 1. The Kier molecular flexibility index (Phi) is 10.1. The summed E-state index contributed by atoms with van der Waals surface area (Å²) in [5.41, 5.74) is 1.43. The van der Waals surface area contributed by atoms with Crippen LogP contribution in [0.15, 0.2) is 30.3 Å². The highest BCUT2D eigenvalue weighted by molar-refractivity contribution is 5.20. The van der Waals surface area contributed by atoms with Crippen LogP contribution in [0.2, 0.25) is 0 Å². The molecule has 0 amide bonds. The van der Waals surface area contributed by atoms with Crippen molar-refractivity contribution in [1.29, 1.82) is 0 Å². The summed E-state index contributed by atoms with van der Waals surface area (Å²) in [6, 6.07) is 10.8. The van der Waals surface area contributed by atoms with E-state index in [0.29, 0.717) is 25.0 Å². The van der Waals surface area contributed by atoms with Crippen LogP contribution < -0.4 is 5.32 Å². The molecule has 0 saturated carbocycles. The molecular formula is C18H31NO2. The maximum atomic E-state index is 5.46. The highest BCUT2D eigenvalue weighted by Gasteiger charge is 2.14. The molecule has 0 heterocycles. The Morgan fingerprint density at radius 2 is 1.76 bits per heavy atom. The van der Waals surface area contributed by atoms with Crippen LogP contribution in [0, 0.1) is 5.92 Å². The smallest absolute Gasteiger partial charge is 0.0700 e. The van der Waals surface area contributed by atoms with Crippen LogP contribution in [0.5, 0.6) is 0 Å². The molecule has 1 rings (SSSR count). The van der Waals surface area contributed by atoms with E-state index < -0.39 is 0 Å². The highest BCUT2D eigenvalue weighted by atomic mass is 16.5. The Bertz CT molecular complexity index is 340. The summed E-state index contributed by atoms with van der Waals surface area (Å²) in [6.45, 7) is 8.91. The van der Waals surface area contributed by atoms with E-state index in [4.69, 9.17) is 9.47 Å². The molecule has 1 unspecified atom stereocenters. The van der Waals surface area contributed by atoms with Gasteiger partial charge in [0.2, 0.25) is 0 Å². The van der Waals surface area contributed by atoms with Crippen LogP contribution in [0.3, 0.4) is 0 Å². The van der Waals surface area contributed by atoms with Crippen molar-refractivity contribution in [3.8, 4) is 0 Å². The maximum absolute atomic E-state index is 5.46. The number of methoxy groups -OCH3 is 1. The van der Waals surface area contributed by atoms with Crippen LogP contribution in [0.4, 0.5) is 0 Å². The lowest BCUT2D eigenvalue weighted by Crippen LogP contribution is -2.25. The van der Waals surface area contributed by atoms with Gasteiger partial charge in [-0.15, -0.1) is 0 Å². The monoisotopic (exact) mass is 293 g/mol. The second kappa shape index (κ2) is 11.7. The molecule has 3 heteroatoms. The minimum atomic E-state index is 0.587. The molecule has 1 N–H and O–H groups in total. The number of ether oxygens (including phenoxy) is 2.